The van der Waals surface area contributed by atoms with E-state index in [1.807, 2.05) is 0 Å². The van der Waals surface area contributed by atoms with E-state index in [2.05, 4.69) is 50.4 Å². The molecule has 0 amide bonds. The first-order valence-electron chi connectivity index (χ1n) is 7.13. The van der Waals surface area contributed by atoms with Gasteiger partial charge in [0.15, 0.2) is 0 Å². The first-order chi connectivity index (χ1) is 10.5. The number of carbonyl (C=O) groups is 2. The minimum atomic E-state index is -1.82. The van der Waals surface area contributed by atoms with Gasteiger partial charge in [-0.3, -0.25) is 0 Å². The van der Waals surface area contributed by atoms with Crippen LogP contribution in [0.4, 0.5) is 0 Å². The van der Waals surface area contributed by atoms with Crippen molar-refractivity contribution in [3.63, 3.8) is 0 Å². The molecule has 0 bridgehead atoms. The number of benzene rings is 1. The first kappa shape index (κ1) is 18.6. The van der Waals surface area contributed by atoms with Gasteiger partial charge < -0.3 is 20.4 Å². The lowest BCUT2D eigenvalue weighted by molar-refractivity contribution is -0.159. The summed E-state index contributed by atoms with van der Waals surface area (Å²) in [6.07, 6.45) is 2.76. The molecule has 1 heterocycles. The molecule has 0 aromatic heterocycles. The summed E-state index contributed by atoms with van der Waals surface area (Å²) >= 11 is 3.44. The molecule has 0 atom stereocenters. The van der Waals surface area contributed by atoms with Crippen molar-refractivity contribution >= 4 is 27.9 Å². The first-order valence-corrected chi connectivity index (χ1v) is 7.92. The van der Waals surface area contributed by atoms with Crippen LogP contribution in [0.1, 0.15) is 18.4 Å². The third kappa shape index (κ3) is 8.11. The minimum Gasteiger partial charge on any atom is -0.473 e. The van der Waals surface area contributed by atoms with Crippen molar-refractivity contribution in [2.45, 2.75) is 19.4 Å². The van der Waals surface area contributed by atoms with Crippen molar-refractivity contribution in [3.05, 3.63) is 34.3 Å². The van der Waals surface area contributed by atoms with E-state index in [1.165, 1.54) is 38.0 Å². The average Bonchev–Trinajstić information content (AvgIpc) is 2.99. The van der Waals surface area contributed by atoms with Crippen molar-refractivity contribution in [1.29, 1.82) is 0 Å². The molecule has 1 aromatic rings. The maximum absolute atomic E-state index is 9.10. The second-order valence-corrected chi connectivity index (χ2v) is 5.88. The van der Waals surface area contributed by atoms with Gasteiger partial charge in [-0.2, -0.15) is 0 Å². The van der Waals surface area contributed by atoms with E-state index in [0.29, 0.717) is 0 Å². The number of likely N-dealkylation sites (tertiary alicyclic amines) is 1. The number of nitrogens with one attached hydrogen (secondary N) is 1. The normalized spacial score (nSPS) is 14.2. The molecule has 0 aliphatic carbocycles. The predicted octanol–water partition coefficient (Wildman–Crippen LogP) is 1.79. The summed E-state index contributed by atoms with van der Waals surface area (Å²) in [7, 11) is 0. The number of nitrogens with zero attached hydrogens (tertiary/aromatic N) is 1. The molecule has 1 saturated heterocycles. The third-order valence-corrected chi connectivity index (χ3v) is 3.76. The van der Waals surface area contributed by atoms with Gasteiger partial charge in [-0.1, -0.05) is 28.1 Å². The number of hydrogen-bond acceptors (Lipinski definition) is 4. The van der Waals surface area contributed by atoms with Crippen molar-refractivity contribution < 1.29 is 19.8 Å². The Morgan fingerprint density at radius 1 is 1.09 bits per heavy atom. The SMILES string of the molecule is Brc1ccc(CNCCN2CCCC2)cc1.O=C(O)C(=O)O. The largest absolute Gasteiger partial charge is 0.473 e. The Labute approximate surface area is 138 Å². The fourth-order valence-electron chi connectivity index (χ4n) is 2.08. The number of aliphatic carboxylic acids is 2. The maximum atomic E-state index is 9.10. The third-order valence-electron chi connectivity index (χ3n) is 3.23. The molecule has 0 saturated carbocycles. The molecule has 22 heavy (non-hydrogen) atoms. The van der Waals surface area contributed by atoms with E-state index in [9.17, 15) is 0 Å². The molecule has 0 spiro atoms. The maximum Gasteiger partial charge on any atom is 0.414 e. The van der Waals surface area contributed by atoms with Gasteiger partial charge in [0.05, 0.1) is 0 Å². The Kier molecular flexibility index (Phi) is 8.72. The molecule has 0 unspecified atom stereocenters. The van der Waals surface area contributed by atoms with E-state index < -0.39 is 11.9 Å². The zero-order valence-electron chi connectivity index (χ0n) is 12.3. The number of carboxylic acids is 2. The molecule has 1 aliphatic heterocycles. The summed E-state index contributed by atoms with van der Waals surface area (Å²) in [5.41, 5.74) is 1.35. The van der Waals surface area contributed by atoms with Crippen molar-refractivity contribution in [2.75, 3.05) is 26.2 Å². The molecule has 2 rings (SSSR count). The lowest BCUT2D eigenvalue weighted by Crippen LogP contribution is -2.29. The average molecular weight is 373 g/mol. The van der Waals surface area contributed by atoms with Crippen LogP contribution in [0.15, 0.2) is 28.7 Å². The standard InChI is InChI=1S/C13H19BrN2.C2H2O4/c14-13-5-3-12(4-6-13)11-15-7-10-16-8-1-2-9-16;3-1(4)2(5)6/h3-6,15H,1-2,7-11H2;(H,3,4)(H,5,6). The number of rotatable bonds is 5. The highest BCUT2D eigenvalue weighted by molar-refractivity contribution is 9.10. The van der Waals surface area contributed by atoms with Gasteiger partial charge in [0, 0.05) is 24.1 Å². The van der Waals surface area contributed by atoms with Crippen LogP contribution >= 0.6 is 15.9 Å². The number of carboxylic acid groups (broad SMARTS) is 2. The van der Waals surface area contributed by atoms with Crippen molar-refractivity contribution in [1.82, 2.24) is 10.2 Å². The van der Waals surface area contributed by atoms with Crippen LogP contribution in [0, 0.1) is 0 Å². The van der Waals surface area contributed by atoms with E-state index >= 15 is 0 Å². The Bertz CT molecular complexity index is 461. The molecule has 6 nitrogen and oxygen atoms in total. The van der Waals surface area contributed by atoms with Gasteiger partial charge in [-0.25, -0.2) is 9.59 Å². The Morgan fingerprint density at radius 3 is 2.14 bits per heavy atom. The second kappa shape index (κ2) is 10.3. The van der Waals surface area contributed by atoms with E-state index in [0.717, 1.165) is 17.6 Å². The summed E-state index contributed by atoms with van der Waals surface area (Å²) in [5, 5.41) is 18.3. The van der Waals surface area contributed by atoms with Gasteiger partial charge in [0.25, 0.3) is 0 Å². The fraction of sp³-hybridized carbons (Fsp3) is 0.467. The Hall–Kier alpha value is -1.44. The van der Waals surface area contributed by atoms with Crippen LogP contribution < -0.4 is 5.32 Å². The quantitative estimate of drug-likeness (QED) is 0.539. The van der Waals surface area contributed by atoms with E-state index in [1.54, 1.807) is 0 Å². The van der Waals surface area contributed by atoms with E-state index in [-0.39, 0.29) is 0 Å². The van der Waals surface area contributed by atoms with Gasteiger partial charge in [-0.15, -0.1) is 0 Å². The lowest BCUT2D eigenvalue weighted by atomic mass is 10.2. The zero-order valence-corrected chi connectivity index (χ0v) is 13.9. The summed E-state index contributed by atoms with van der Waals surface area (Å²) in [4.78, 5) is 20.7. The molecule has 1 fully saturated rings. The highest BCUT2D eigenvalue weighted by Gasteiger charge is 2.09. The fourth-order valence-corrected chi connectivity index (χ4v) is 2.34. The number of halogens is 1. The van der Waals surface area contributed by atoms with Crippen molar-refractivity contribution in [2.24, 2.45) is 0 Å². The summed E-state index contributed by atoms with van der Waals surface area (Å²) in [6.45, 7) is 5.84. The molecule has 122 valence electrons. The highest BCUT2D eigenvalue weighted by atomic mass is 79.9. The zero-order chi connectivity index (χ0) is 16.4. The van der Waals surface area contributed by atoms with Crippen LogP contribution in [0.5, 0.6) is 0 Å². The highest BCUT2D eigenvalue weighted by Crippen LogP contribution is 2.10. The summed E-state index contributed by atoms with van der Waals surface area (Å²) in [6, 6.07) is 8.51. The Balaban J connectivity index is 0.000000346. The number of hydrogen-bond donors (Lipinski definition) is 3. The topological polar surface area (TPSA) is 89.9 Å². The molecule has 7 heteroatoms. The van der Waals surface area contributed by atoms with Crippen molar-refractivity contribution in [3.8, 4) is 0 Å². The van der Waals surface area contributed by atoms with Crippen LogP contribution in [0.3, 0.4) is 0 Å². The predicted molar refractivity (Wildman–Crippen MR) is 86.8 cm³/mol. The molecular formula is C15H21BrN2O4. The summed E-state index contributed by atoms with van der Waals surface area (Å²) in [5.74, 6) is -3.65. The monoisotopic (exact) mass is 372 g/mol. The smallest absolute Gasteiger partial charge is 0.414 e. The molecule has 1 aromatic carbocycles. The molecule has 3 N–H and O–H groups in total. The minimum absolute atomic E-state index is 0.973. The van der Waals surface area contributed by atoms with Gasteiger partial charge in [0.2, 0.25) is 0 Å². The second-order valence-electron chi connectivity index (χ2n) is 4.96. The Morgan fingerprint density at radius 2 is 1.64 bits per heavy atom. The van der Waals surface area contributed by atoms with E-state index in [4.69, 9.17) is 19.8 Å². The van der Waals surface area contributed by atoms with Gasteiger partial charge in [-0.05, 0) is 43.6 Å². The molecule has 0 radical (unpaired) electrons. The van der Waals surface area contributed by atoms with Gasteiger partial charge in [0.1, 0.15) is 0 Å². The van der Waals surface area contributed by atoms with Gasteiger partial charge >= 0.3 is 11.9 Å². The molecule has 1 aliphatic rings. The lowest BCUT2D eigenvalue weighted by Gasteiger charge is -2.14. The van der Waals surface area contributed by atoms with Crippen LogP contribution in [-0.4, -0.2) is 53.2 Å². The molecular weight excluding hydrogens is 352 g/mol. The van der Waals surface area contributed by atoms with Crippen LogP contribution in [-0.2, 0) is 16.1 Å². The van der Waals surface area contributed by atoms with Crippen LogP contribution in [0.2, 0.25) is 0 Å². The van der Waals surface area contributed by atoms with Crippen LogP contribution in [0.25, 0.3) is 0 Å². The summed E-state index contributed by atoms with van der Waals surface area (Å²) < 4.78 is 1.15.